The molecule has 2 N–H and O–H groups in total. The number of nitrogen functional groups attached to an aromatic ring is 1. The van der Waals surface area contributed by atoms with Gasteiger partial charge in [-0.15, -0.1) is 0 Å². The molecule has 0 aliphatic carbocycles. The topological polar surface area (TPSA) is 87.5 Å². The van der Waals surface area contributed by atoms with Crippen LogP contribution in [-0.4, -0.2) is 11.2 Å². The smallest absolute Gasteiger partial charge is 0.422 e. The summed E-state index contributed by atoms with van der Waals surface area (Å²) in [5.74, 6) is 0.169. The first-order valence-electron chi connectivity index (χ1n) is 8.26. The molecule has 2 aromatic carbocycles. The largest absolute Gasteiger partial charge is 0.494 e. The van der Waals surface area contributed by atoms with E-state index < -0.39 is 5.76 Å². The Morgan fingerprint density at radius 3 is 2.52 bits per heavy atom. The standard InChI is InChI=1S/C19H20N2O4/c20-14-8-10-15(11-9-14)24-13-5-1-4-12-21-18(22)16-6-2-3-7-17(16)25-19(21)23/h2-3,6-11H,1,4-5,12-13,20H2. The van der Waals surface area contributed by atoms with Gasteiger partial charge >= 0.3 is 5.76 Å². The molecule has 0 aliphatic rings. The molecule has 0 saturated heterocycles. The molecular weight excluding hydrogens is 320 g/mol. The first kappa shape index (κ1) is 16.8. The molecule has 3 rings (SSSR count). The Bertz CT molecular complexity index is 958. The SMILES string of the molecule is Nc1ccc(OCCCCCn2c(=O)oc3ccccc3c2=O)cc1. The van der Waals surface area contributed by atoms with Gasteiger partial charge in [-0.2, -0.15) is 0 Å². The zero-order valence-corrected chi connectivity index (χ0v) is 13.8. The molecule has 0 bridgehead atoms. The van der Waals surface area contributed by atoms with Crippen molar-refractivity contribution in [1.29, 1.82) is 0 Å². The molecule has 0 radical (unpaired) electrons. The van der Waals surface area contributed by atoms with Crippen LogP contribution in [0.15, 0.2) is 62.5 Å². The second kappa shape index (κ2) is 7.70. The minimum absolute atomic E-state index is 0.301. The summed E-state index contributed by atoms with van der Waals surface area (Å²) in [4.78, 5) is 24.3. The lowest BCUT2D eigenvalue weighted by Crippen LogP contribution is -2.32. The van der Waals surface area contributed by atoms with Gasteiger partial charge in [-0.3, -0.25) is 4.79 Å². The Balaban J connectivity index is 1.51. The van der Waals surface area contributed by atoms with Crippen molar-refractivity contribution in [2.24, 2.45) is 0 Å². The predicted octanol–water partition coefficient (Wildman–Crippen LogP) is 2.79. The van der Waals surface area contributed by atoms with E-state index in [9.17, 15) is 9.59 Å². The molecule has 0 atom stereocenters. The minimum atomic E-state index is -0.609. The maximum Gasteiger partial charge on any atom is 0.422 e. The zero-order chi connectivity index (χ0) is 17.6. The number of para-hydroxylation sites is 1. The van der Waals surface area contributed by atoms with Gasteiger partial charge in [0.1, 0.15) is 11.3 Å². The molecule has 6 heteroatoms. The number of fused-ring (bicyclic) bond motifs is 1. The normalized spacial score (nSPS) is 10.9. The van der Waals surface area contributed by atoms with Crippen LogP contribution in [0.3, 0.4) is 0 Å². The van der Waals surface area contributed by atoms with Crippen molar-refractivity contribution in [2.45, 2.75) is 25.8 Å². The highest BCUT2D eigenvalue weighted by molar-refractivity contribution is 5.74. The van der Waals surface area contributed by atoms with Crippen LogP contribution < -0.4 is 21.8 Å². The van der Waals surface area contributed by atoms with Crippen LogP contribution >= 0.6 is 0 Å². The fourth-order valence-electron chi connectivity index (χ4n) is 2.61. The van der Waals surface area contributed by atoms with E-state index >= 15 is 0 Å². The Morgan fingerprint density at radius 1 is 0.960 bits per heavy atom. The van der Waals surface area contributed by atoms with Crippen LogP contribution in [0, 0.1) is 0 Å². The zero-order valence-electron chi connectivity index (χ0n) is 13.8. The van der Waals surface area contributed by atoms with Crippen molar-refractivity contribution >= 4 is 16.7 Å². The van der Waals surface area contributed by atoms with E-state index in [1.807, 2.05) is 12.1 Å². The van der Waals surface area contributed by atoms with E-state index in [0.717, 1.165) is 23.2 Å². The predicted molar refractivity (Wildman–Crippen MR) is 96.9 cm³/mol. The van der Waals surface area contributed by atoms with Crippen molar-refractivity contribution in [3.63, 3.8) is 0 Å². The Labute approximate surface area is 144 Å². The monoisotopic (exact) mass is 340 g/mol. The third-order valence-corrected chi connectivity index (χ3v) is 3.96. The second-order valence-electron chi connectivity index (χ2n) is 5.80. The number of nitrogens with two attached hydrogens (primary N) is 1. The highest BCUT2D eigenvalue weighted by Crippen LogP contribution is 2.13. The van der Waals surface area contributed by atoms with Gasteiger partial charge in [0.15, 0.2) is 0 Å². The number of nitrogens with zero attached hydrogens (tertiary/aromatic N) is 1. The molecule has 25 heavy (non-hydrogen) atoms. The van der Waals surface area contributed by atoms with Crippen molar-refractivity contribution in [2.75, 3.05) is 12.3 Å². The lowest BCUT2D eigenvalue weighted by atomic mass is 10.2. The van der Waals surface area contributed by atoms with Crippen molar-refractivity contribution < 1.29 is 9.15 Å². The van der Waals surface area contributed by atoms with Crippen molar-refractivity contribution in [1.82, 2.24) is 4.57 Å². The number of anilines is 1. The highest BCUT2D eigenvalue weighted by Gasteiger charge is 2.08. The van der Waals surface area contributed by atoms with Gasteiger partial charge in [0, 0.05) is 12.2 Å². The lowest BCUT2D eigenvalue weighted by molar-refractivity contribution is 0.303. The maximum absolute atomic E-state index is 12.3. The third-order valence-electron chi connectivity index (χ3n) is 3.96. The number of unbranched alkanes of at least 4 members (excludes halogenated alkanes) is 2. The highest BCUT2D eigenvalue weighted by atomic mass is 16.5. The molecule has 3 aromatic rings. The molecule has 0 spiro atoms. The molecule has 1 heterocycles. The molecule has 0 saturated carbocycles. The number of hydrogen-bond acceptors (Lipinski definition) is 5. The average molecular weight is 340 g/mol. The van der Waals surface area contributed by atoms with E-state index in [1.165, 1.54) is 0 Å². The summed E-state index contributed by atoms with van der Waals surface area (Å²) in [7, 11) is 0. The molecule has 130 valence electrons. The van der Waals surface area contributed by atoms with Gasteiger partial charge in [-0.1, -0.05) is 12.1 Å². The summed E-state index contributed by atoms with van der Waals surface area (Å²) in [6.45, 7) is 0.916. The van der Waals surface area contributed by atoms with Crippen LogP contribution in [0.25, 0.3) is 11.0 Å². The summed E-state index contributed by atoms with van der Waals surface area (Å²) in [5, 5.41) is 0.425. The minimum Gasteiger partial charge on any atom is -0.494 e. The third kappa shape index (κ3) is 4.09. The first-order chi connectivity index (χ1) is 12.1. The summed E-state index contributed by atoms with van der Waals surface area (Å²) in [6.07, 6.45) is 2.37. The molecule has 0 amide bonds. The Kier molecular flexibility index (Phi) is 5.18. The Morgan fingerprint density at radius 2 is 1.72 bits per heavy atom. The summed E-state index contributed by atoms with van der Waals surface area (Å²) in [6, 6.07) is 14.0. The Hall–Kier alpha value is -3.02. The van der Waals surface area contributed by atoms with E-state index in [1.54, 1.807) is 36.4 Å². The molecule has 0 aliphatic heterocycles. The van der Waals surface area contributed by atoms with Gasteiger partial charge in [0.05, 0.1) is 12.0 Å². The van der Waals surface area contributed by atoms with Crippen molar-refractivity contribution in [3.05, 3.63) is 69.4 Å². The number of ether oxygens (including phenoxy) is 1. The molecule has 0 unspecified atom stereocenters. The fourth-order valence-corrected chi connectivity index (χ4v) is 2.61. The maximum atomic E-state index is 12.3. The number of rotatable bonds is 7. The van der Waals surface area contributed by atoms with Gasteiger partial charge in [-0.05, 0) is 55.7 Å². The van der Waals surface area contributed by atoms with Crippen LogP contribution in [0.4, 0.5) is 5.69 Å². The summed E-state index contributed by atoms with van der Waals surface area (Å²) in [5.41, 5.74) is 6.34. The molecule has 0 fully saturated rings. The molecular formula is C19H20N2O4. The molecule has 1 aromatic heterocycles. The van der Waals surface area contributed by atoms with Crippen LogP contribution in [0.2, 0.25) is 0 Å². The van der Waals surface area contributed by atoms with Crippen LogP contribution in [0.5, 0.6) is 5.75 Å². The lowest BCUT2D eigenvalue weighted by Gasteiger charge is -2.07. The average Bonchev–Trinajstić information content (AvgIpc) is 2.62. The van der Waals surface area contributed by atoms with Crippen LogP contribution in [-0.2, 0) is 6.54 Å². The number of hydrogen-bond donors (Lipinski definition) is 1. The number of benzene rings is 2. The van der Waals surface area contributed by atoms with Gasteiger partial charge in [0.2, 0.25) is 0 Å². The number of aromatic nitrogens is 1. The first-order valence-corrected chi connectivity index (χ1v) is 8.26. The van der Waals surface area contributed by atoms with Gasteiger partial charge in [0.25, 0.3) is 5.56 Å². The summed E-state index contributed by atoms with van der Waals surface area (Å²) < 4.78 is 12.0. The van der Waals surface area contributed by atoms with E-state index in [2.05, 4.69) is 0 Å². The van der Waals surface area contributed by atoms with E-state index in [-0.39, 0.29) is 5.56 Å². The van der Waals surface area contributed by atoms with E-state index in [0.29, 0.717) is 36.2 Å². The van der Waals surface area contributed by atoms with Crippen molar-refractivity contribution in [3.8, 4) is 5.75 Å². The second-order valence-corrected chi connectivity index (χ2v) is 5.80. The summed E-state index contributed by atoms with van der Waals surface area (Å²) >= 11 is 0. The van der Waals surface area contributed by atoms with Gasteiger partial charge in [-0.25, -0.2) is 9.36 Å². The molecule has 6 nitrogen and oxygen atoms in total. The fraction of sp³-hybridized carbons (Fsp3) is 0.263. The quantitative estimate of drug-likeness (QED) is 0.528. The van der Waals surface area contributed by atoms with Crippen LogP contribution in [0.1, 0.15) is 19.3 Å². The van der Waals surface area contributed by atoms with Gasteiger partial charge < -0.3 is 14.9 Å². The van der Waals surface area contributed by atoms with E-state index in [4.69, 9.17) is 14.9 Å².